The molecule has 0 spiro atoms. The van der Waals surface area contributed by atoms with Crippen molar-refractivity contribution in [3.05, 3.63) is 42.2 Å². The van der Waals surface area contributed by atoms with Crippen LogP contribution in [0.3, 0.4) is 0 Å². The summed E-state index contributed by atoms with van der Waals surface area (Å²) in [4.78, 5) is 14.3. The smallest absolute Gasteiger partial charge is 0.321 e. The Morgan fingerprint density at radius 1 is 1.44 bits per heavy atom. The Bertz CT molecular complexity index is 712. The number of urea groups is 1. The maximum Gasteiger partial charge on any atom is 0.321 e. The number of carbonyl (C=O) groups excluding carboxylic acids is 1. The van der Waals surface area contributed by atoms with Crippen molar-refractivity contribution >= 4 is 11.7 Å². The lowest BCUT2D eigenvalue weighted by atomic mass is 10.2. The van der Waals surface area contributed by atoms with Gasteiger partial charge in [0.2, 0.25) is 0 Å². The van der Waals surface area contributed by atoms with E-state index in [1.807, 2.05) is 42.3 Å². The average Bonchev–Trinajstić information content (AvgIpc) is 3.26. The van der Waals surface area contributed by atoms with E-state index in [0.717, 1.165) is 36.5 Å². The first-order valence-electron chi connectivity index (χ1n) is 8.81. The summed E-state index contributed by atoms with van der Waals surface area (Å²) in [6.07, 6.45) is 4.69. The molecule has 0 bridgehead atoms. The lowest BCUT2D eigenvalue weighted by Crippen LogP contribution is -2.34. The number of nitrogens with zero attached hydrogens (tertiary/aromatic N) is 3. The third-order valence-corrected chi connectivity index (χ3v) is 4.32. The summed E-state index contributed by atoms with van der Waals surface area (Å²) in [5.41, 5.74) is 2.81. The van der Waals surface area contributed by atoms with Crippen LogP contribution < -0.4 is 5.32 Å². The molecule has 6 heteroatoms. The first-order valence-corrected chi connectivity index (χ1v) is 8.81. The molecule has 6 nitrogen and oxygen atoms in total. The second-order valence-corrected chi connectivity index (χ2v) is 6.96. The lowest BCUT2D eigenvalue weighted by Gasteiger charge is -2.19. The minimum absolute atomic E-state index is 0.0643. The van der Waals surface area contributed by atoms with Crippen LogP contribution in [0.4, 0.5) is 10.5 Å². The zero-order valence-corrected chi connectivity index (χ0v) is 15.1. The normalized spacial score (nSPS) is 17.3. The zero-order chi connectivity index (χ0) is 17.8. The first-order chi connectivity index (χ1) is 12.0. The Morgan fingerprint density at radius 3 is 2.96 bits per heavy atom. The van der Waals surface area contributed by atoms with Gasteiger partial charge in [-0.1, -0.05) is 13.8 Å². The Hall–Kier alpha value is -2.34. The molecule has 2 amide bonds. The molecule has 25 heavy (non-hydrogen) atoms. The summed E-state index contributed by atoms with van der Waals surface area (Å²) in [6, 6.07) is 7.71. The summed E-state index contributed by atoms with van der Waals surface area (Å²) in [5, 5.41) is 7.24. The van der Waals surface area contributed by atoms with E-state index in [2.05, 4.69) is 24.3 Å². The van der Waals surface area contributed by atoms with Crippen molar-refractivity contribution in [2.24, 2.45) is 5.92 Å². The van der Waals surface area contributed by atoms with E-state index in [4.69, 9.17) is 4.74 Å². The second kappa shape index (κ2) is 7.70. The molecule has 134 valence electrons. The quantitative estimate of drug-likeness (QED) is 0.905. The van der Waals surface area contributed by atoms with Crippen LogP contribution in [0.15, 0.2) is 36.7 Å². The summed E-state index contributed by atoms with van der Waals surface area (Å²) in [5.74, 6) is 0.513. The standard InChI is InChI=1S/C19H26N4O2/c1-14(2)13-25-17-7-10-22(12-17)19(24)21-18-6-5-16(11-15(18)3)23-9-4-8-20-23/h4-6,8-9,11,14,17H,7,10,12-13H2,1-3H3,(H,21,24)/t17-/m1/s1. The molecule has 0 radical (unpaired) electrons. The predicted molar refractivity (Wildman–Crippen MR) is 98.1 cm³/mol. The highest BCUT2D eigenvalue weighted by molar-refractivity contribution is 5.90. The minimum atomic E-state index is -0.0643. The number of aromatic nitrogens is 2. The molecule has 1 aromatic carbocycles. The van der Waals surface area contributed by atoms with Crippen molar-refractivity contribution in [2.45, 2.75) is 33.3 Å². The van der Waals surface area contributed by atoms with Gasteiger partial charge in [0.1, 0.15) is 0 Å². The number of amides is 2. The number of hydrogen-bond acceptors (Lipinski definition) is 3. The second-order valence-electron chi connectivity index (χ2n) is 6.96. The molecule has 1 saturated heterocycles. The van der Waals surface area contributed by atoms with Gasteiger partial charge < -0.3 is 15.0 Å². The predicted octanol–water partition coefficient (Wildman–Crippen LogP) is 3.46. The molecule has 0 saturated carbocycles. The lowest BCUT2D eigenvalue weighted by molar-refractivity contribution is 0.0440. The van der Waals surface area contributed by atoms with E-state index in [0.29, 0.717) is 12.5 Å². The van der Waals surface area contributed by atoms with E-state index in [9.17, 15) is 4.79 Å². The fourth-order valence-corrected chi connectivity index (χ4v) is 2.92. The van der Waals surface area contributed by atoms with E-state index in [1.165, 1.54) is 0 Å². The SMILES string of the molecule is Cc1cc(-n2cccn2)ccc1NC(=O)N1CC[C@@H](OCC(C)C)C1. The monoisotopic (exact) mass is 342 g/mol. The van der Waals surface area contributed by atoms with Crippen molar-refractivity contribution < 1.29 is 9.53 Å². The van der Waals surface area contributed by atoms with Crippen LogP contribution in [0.1, 0.15) is 25.8 Å². The molecule has 2 heterocycles. The van der Waals surface area contributed by atoms with Crippen molar-refractivity contribution in [2.75, 3.05) is 25.0 Å². The van der Waals surface area contributed by atoms with Gasteiger partial charge in [-0.25, -0.2) is 9.48 Å². The minimum Gasteiger partial charge on any atom is -0.376 e. The molecule has 1 fully saturated rings. The number of ether oxygens (including phenoxy) is 1. The van der Waals surface area contributed by atoms with Crippen molar-refractivity contribution in [3.8, 4) is 5.69 Å². The van der Waals surface area contributed by atoms with Gasteiger partial charge >= 0.3 is 6.03 Å². The van der Waals surface area contributed by atoms with Crippen LogP contribution in [-0.4, -0.2) is 46.5 Å². The maximum absolute atomic E-state index is 12.5. The summed E-state index contributed by atoms with van der Waals surface area (Å²) >= 11 is 0. The van der Waals surface area contributed by atoms with Crippen LogP contribution in [0.2, 0.25) is 0 Å². The van der Waals surface area contributed by atoms with Gasteiger partial charge in [-0.15, -0.1) is 0 Å². The van der Waals surface area contributed by atoms with Gasteiger partial charge in [0.25, 0.3) is 0 Å². The molecule has 3 rings (SSSR count). The third kappa shape index (κ3) is 4.39. The Morgan fingerprint density at radius 2 is 2.28 bits per heavy atom. The van der Waals surface area contributed by atoms with Crippen molar-refractivity contribution in [1.82, 2.24) is 14.7 Å². The van der Waals surface area contributed by atoms with Crippen LogP contribution >= 0.6 is 0 Å². The molecular formula is C19H26N4O2. The van der Waals surface area contributed by atoms with Gasteiger partial charge in [0.05, 0.1) is 11.8 Å². The van der Waals surface area contributed by atoms with E-state index in [-0.39, 0.29) is 12.1 Å². The maximum atomic E-state index is 12.5. The summed E-state index contributed by atoms with van der Waals surface area (Å²) in [7, 11) is 0. The van der Waals surface area contributed by atoms with Gasteiger partial charge in [0.15, 0.2) is 0 Å². The van der Waals surface area contributed by atoms with Gasteiger partial charge in [-0.3, -0.25) is 0 Å². The zero-order valence-electron chi connectivity index (χ0n) is 15.1. The fourth-order valence-electron chi connectivity index (χ4n) is 2.92. The fraction of sp³-hybridized carbons (Fsp3) is 0.474. The molecule has 1 aliphatic rings. The van der Waals surface area contributed by atoms with Gasteiger partial charge in [-0.2, -0.15) is 5.10 Å². The van der Waals surface area contributed by atoms with E-state index < -0.39 is 0 Å². The number of anilines is 1. The van der Waals surface area contributed by atoms with Crippen LogP contribution in [0.5, 0.6) is 0 Å². The molecular weight excluding hydrogens is 316 g/mol. The van der Waals surface area contributed by atoms with E-state index in [1.54, 1.807) is 10.9 Å². The Kier molecular flexibility index (Phi) is 5.38. The number of hydrogen-bond donors (Lipinski definition) is 1. The Balaban J connectivity index is 1.58. The Labute approximate surface area is 148 Å². The van der Waals surface area contributed by atoms with Crippen molar-refractivity contribution in [3.63, 3.8) is 0 Å². The highest BCUT2D eigenvalue weighted by Crippen LogP contribution is 2.21. The molecule has 1 atom stereocenters. The van der Waals surface area contributed by atoms with E-state index >= 15 is 0 Å². The van der Waals surface area contributed by atoms with Crippen LogP contribution in [-0.2, 0) is 4.74 Å². The molecule has 1 N–H and O–H groups in total. The molecule has 0 aliphatic carbocycles. The molecule has 2 aromatic rings. The largest absolute Gasteiger partial charge is 0.376 e. The van der Waals surface area contributed by atoms with Crippen LogP contribution in [0, 0.1) is 12.8 Å². The van der Waals surface area contributed by atoms with Gasteiger partial charge in [0, 0.05) is 37.8 Å². The number of aryl methyl sites for hydroxylation is 1. The number of carbonyl (C=O) groups is 1. The summed E-state index contributed by atoms with van der Waals surface area (Å²) < 4.78 is 7.65. The number of likely N-dealkylation sites (tertiary alicyclic amines) is 1. The highest BCUT2D eigenvalue weighted by Gasteiger charge is 2.27. The van der Waals surface area contributed by atoms with Crippen LogP contribution in [0.25, 0.3) is 5.69 Å². The summed E-state index contributed by atoms with van der Waals surface area (Å²) in [6.45, 7) is 8.39. The molecule has 1 aromatic heterocycles. The topological polar surface area (TPSA) is 59.4 Å². The number of benzene rings is 1. The molecule has 0 unspecified atom stereocenters. The molecule has 1 aliphatic heterocycles. The highest BCUT2D eigenvalue weighted by atomic mass is 16.5. The number of nitrogens with one attached hydrogen (secondary N) is 1. The average molecular weight is 342 g/mol. The first kappa shape index (κ1) is 17.5. The van der Waals surface area contributed by atoms with Gasteiger partial charge in [-0.05, 0) is 49.1 Å². The third-order valence-electron chi connectivity index (χ3n) is 4.32. The number of rotatable bonds is 5. The van der Waals surface area contributed by atoms with Crippen molar-refractivity contribution in [1.29, 1.82) is 0 Å².